The average molecular weight is 235 g/mol. The van der Waals surface area contributed by atoms with Crippen LogP contribution in [0.4, 0.5) is 0 Å². The van der Waals surface area contributed by atoms with Crippen molar-refractivity contribution in [3.05, 3.63) is 23.3 Å². The second-order valence-corrected chi connectivity index (χ2v) is 6.13. The maximum Gasteiger partial charge on any atom is 0.0594 e. The van der Waals surface area contributed by atoms with Gasteiger partial charge in [-0.2, -0.15) is 0 Å². The Hall–Kier alpha value is -0.600. The Morgan fingerprint density at radius 3 is 2.59 bits per heavy atom. The summed E-state index contributed by atoms with van der Waals surface area (Å²) in [5.74, 6) is 0. The molecule has 0 atom stereocenters. The summed E-state index contributed by atoms with van der Waals surface area (Å²) in [7, 11) is 0. The molecule has 1 aliphatic heterocycles. The van der Waals surface area contributed by atoms with Crippen molar-refractivity contribution in [3.63, 3.8) is 0 Å². The molecule has 96 valence electrons. The number of morpholine rings is 1. The van der Waals surface area contributed by atoms with E-state index in [0.29, 0.717) is 5.41 Å². The fourth-order valence-corrected chi connectivity index (χ4v) is 2.49. The summed E-state index contributed by atoms with van der Waals surface area (Å²) in [6, 6.07) is 0. The van der Waals surface area contributed by atoms with Crippen molar-refractivity contribution >= 4 is 0 Å². The van der Waals surface area contributed by atoms with Gasteiger partial charge in [0.15, 0.2) is 0 Å². The fraction of sp³-hybridized carbons (Fsp3) is 0.733. The zero-order chi connectivity index (χ0) is 12.3. The van der Waals surface area contributed by atoms with Crippen LogP contribution < -0.4 is 0 Å². The number of ether oxygens (including phenoxy) is 1. The number of allylic oxidation sites excluding steroid dienone is 2. The SMILES string of the molecule is CC(C)(C)C1=CC(CN2CCOCC2)=CCC1. The molecule has 1 saturated heterocycles. The predicted octanol–water partition coefficient (Wildman–Crippen LogP) is 3.01. The van der Waals surface area contributed by atoms with E-state index in [2.05, 4.69) is 37.8 Å². The molecule has 0 amide bonds. The maximum absolute atomic E-state index is 5.39. The molecule has 0 aromatic carbocycles. The van der Waals surface area contributed by atoms with Gasteiger partial charge in [-0.1, -0.05) is 38.5 Å². The molecule has 0 aromatic rings. The lowest BCUT2D eigenvalue weighted by Gasteiger charge is -2.30. The van der Waals surface area contributed by atoms with E-state index in [-0.39, 0.29) is 0 Å². The Morgan fingerprint density at radius 2 is 1.94 bits per heavy atom. The molecule has 0 bridgehead atoms. The first-order valence-corrected chi connectivity index (χ1v) is 6.76. The van der Waals surface area contributed by atoms with Crippen LogP contribution in [0.5, 0.6) is 0 Å². The van der Waals surface area contributed by atoms with Gasteiger partial charge in [0.05, 0.1) is 13.2 Å². The summed E-state index contributed by atoms with van der Waals surface area (Å²) >= 11 is 0. The lowest BCUT2D eigenvalue weighted by atomic mass is 9.80. The van der Waals surface area contributed by atoms with Gasteiger partial charge in [-0.3, -0.25) is 4.90 Å². The molecule has 0 N–H and O–H groups in total. The molecule has 0 spiro atoms. The van der Waals surface area contributed by atoms with Crippen molar-refractivity contribution < 1.29 is 4.74 Å². The first-order chi connectivity index (χ1) is 8.05. The quantitative estimate of drug-likeness (QED) is 0.729. The minimum absolute atomic E-state index is 0.324. The average Bonchev–Trinajstić information content (AvgIpc) is 2.29. The van der Waals surface area contributed by atoms with E-state index < -0.39 is 0 Å². The number of hydrogen-bond donors (Lipinski definition) is 0. The highest BCUT2D eigenvalue weighted by atomic mass is 16.5. The van der Waals surface area contributed by atoms with E-state index >= 15 is 0 Å². The standard InChI is InChI=1S/C15H25NO/c1-15(2,3)14-6-4-5-13(11-14)12-16-7-9-17-10-8-16/h5,11H,4,6-10,12H2,1-3H3. The predicted molar refractivity (Wildman–Crippen MR) is 72.1 cm³/mol. The minimum atomic E-state index is 0.324. The molecule has 17 heavy (non-hydrogen) atoms. The van der Waals surface area contributed by atoms with Gasteiger partial charge < -0.3 is 4.74 Å². The van der Waals surface area contributed by atoms with Gasteiger partial charge in [0.25, 0.3) is 0 Å². The molecule has 1 fully saturated rings. The molecule has 1 heterocycles. The van der Waals surface area contributed by atoms with Crippen LogP contribution >= 0.6 is 0 Å². The van der Waals surface area contributed by atoms with Gasteiger partial charge in [0.1, 0.15) is 0 Å². The van der Waals surface area contributed by atoms with Crippen molar-refractivity contribution in [2.45, 2.75) is 33.6 Å². The topological polar surface area (TPSA) is 12.5 Å². The molecule has 0 unspecified atom stereocenters. The molecule has 0 radical (unpaired) electrons. The maximum atomic E-state index is 5.39. The Morgan fingerprint density at radius 1 is 1.24 bits per heavy atom. The molecule has 1 aliphatic carbocycles. The van der Waals surface area contributed by atoms with Crippen LogP contribution in [0.25, 0.3) is 0 Å². The second-order valence-electron chi connectivity index (χ2n) is 6.13. The van der Waals surface area contributed by atoms with Crippen molar-refractivity contribution in [2.75, 3.05) is 32.8 Å². The highest BCUT2D eigenvalue weighted by Crippen LogP contribution is 2.33. The smallest absolute Gasteiger partial charge is 0.0594 e. The molecule has 2 nitrogen and oxygen atoms in total. The number of nitrogens with zero attached hydrogens (tertiary/aromatic N) is 1. The van der Waals surface area contributed by atoms with Gasteiger partial charge in [-0.05, 0) is 23.8 Å². The molecule has 2 aliphatic rings. The fourth-order valence-electron chi connectivity index (χ4n) is 2.49. The third-order valence-electron chi connectivity index (χ3n) is 3.65. The largest absolute Gasteiger partial charge is 0.379 e. The van der Waals surface area contributed by atoms with Crippen molar-refractivity contribution in [2.24, 2.45) is 5.41 Å². The molecule has 0 aromatic heterocycles. The zero-order valence-corrected chi connectivity index (χ0v) is 11.5. The van der Waals surface area contributed by atoms with Gasteiger partial charge in [0, 0.05) is 19.6 Å². The minimum Gasteiger partial charge on any atom is -0.379 e. The van der Waals surface area contributed by atoms with E-state index in [4.69, 9.17) is 4.74 Å². The van der Waals surface area contributed by atoms with E-state index in [1.165, 1.54) is 18.4 Å². The van der Waals surface area contributed by atoms with Crippen molar-refractivity contribution in [1.29, 1.82) is 0 Å². The Labute approximate surface area is 105 Å². The molecule has 2 heteroatoms. The summed E-state index contributed by atoms with van der Waals surface area (Å²) in [6.07, 6.45) is 7.28. The van der Waals surface area contributed by atoms with Gasteiger partial charge in [0.2, 0.25) is 0 Å². The lowest BCUT2D eigenvalue weighted by Crippen LogP contribution is -2.37. The summed E-state index contributed by atoms with van der Waals surface area (Å²) in [4.78, 5) is 2.50. The normalized spacial score (nSPS) is 23.2. The molecule has 0 saturated carbocycles. The molecular weight excluding hydrogens is 210 g/mol. The number of hydrogen-bond acceptors (Lipinski definition) is 2. The molecule has 2 rings (SSSR count). The lowest BCUT2D eigenvalue weighted by molar-refractivity contribution is 0.0425. The zero-order valence-electron chi connectivity index (χ0n) is 11.5. The van der Waals surface area contributed by atoms with Crippen molar-refractivity contribution in [3.8, 4) is 0 Å². The summed E-state index contributed by atoms with van der Waals surface area (Å²) in [5.41, 5.74) is 3.43. The first kappa shape index (κ1) is 12.8. The highest BCUT2D eigenvalue weighted by Gasteiger charge is 2.20. The summed E-state index contributed by atoms with van der Waals surface area (Å²) < 4.78 is 5.39. The Bertz CT molecular complexity index is 316. The first-order valence-electron chi connectivity index (χ1n) is 6.76. The summed E-state index contributed by atoms with van der Waals surface area (Å²) in [6.45, 7) is 12.0. The van der Waals surface area contributed by atoms with Crippen LogP contribution in [-0.4, -0.2) is 37.7 Å². The van der Waals surface area contributed by atoms with Crippen LogP contribution in [0.2, 0.25) is 0 Å². The van der Waals surface area contributed by atoms with Gasteiger partial charge in [-0.25, -0.2) is 0 Å². The van der Waals surface area contributed by atoms with Gasteiger partial charge in [-0.15, -0.1) is 0 Å². The monoisotopic (exact) mass is 235 g/mol. The van der Waals surface area contributed by atoms with E-state index in [9.17, 15) is 0 Å². The van der Waals surface area contributed by atoms with E-state index in [1.807, 2.05) is 0 Å². The van der Waals surface area contributed by atoms with Crippen LogP contribution in [0.3, 0.4) is 0 Å². The number of rotatable bonds is 2. The van der Waals surface area contributed by atoms with Crippen LogP contribution in [0, 0.1) is 5.41 Å². The van der Waals surface area contributed by atoms with E-state index in [0.717, 1.165) is 32.8 Å². The van der Waals surface area contributed by atoms with Gasteiger partial charge >= 0.3 is 0 Å². The molecular formula is C15H25NO. The van der Waals surface area contributed by atoms with Crippen LogP contribution in [0.1, 0.15) is 33.6 Å². The third-order valence-corrected chi connectivity index (χ3v) is 3.65. The van der Waals surface area contributed by atoms with Crippen LogP contribution in [-0.2, 0) is 4.74 Å². The third kappa shape index (κ3) is 3.68. The highest BCUT2D eigenvalue weighted by molar-refractivity contribution is 5.31. The van der Waals surface area contributed by atoms with E-state index in [1.54, 1.807) is 5.57 Å². The summed E-state index contributed by atoms with van der Waals surface area (Å²) in [5, 5.41) is 0. The second kappa shape index (κ2) is 5.36. The van der Waals surface area contributed by atoms with Crippen molar-refractivity contribution in [1.82, 2.24) is 4.90 Å². The Balaban J connectivity index is 1.96. The Kier molecular flexibility index (Phi) is 4.05. The van der Waals surface area contributed by atoms with Crippen LogP contribution in [0.15, 0.2) is 23.3 Å².